The number of pyridine rings is 1. The molecule has 7 heteroatoms. The van der Waals surface area contributed by atoms with E-state index in [-0.39, 0.29) is 4.90 Å². The topological polar surface area (TPSA) is 79.5 Å². The number of nitrogens with zero attached hydrogens (tertiary/aromatic N) is 3. The number of hydrogen-bond acceptors (Lipinski definition) is 5. The highest BCUT2D eigenvalue weighted by Gasteiger charge is 2.18. The van der Waals surface area contributed by atoms with E-state index in [2.05, 4.69) is 16.8 Å². The summed E-state index contributed by atoms with van der Waals surface area (Å²) in [6, 6.07) is 3.33. The predicted octanol–water partition coefficient (Wildman–Crippen LogP) is 0.753. The first-order valence-electron chi connectivity index (χ1n) is 6.66. The van der Waals surface area contributed by atoms with Gasteiger partial charge in [0.2, 0.25) is 10.0 Å². The molecule has 0 amide bonds. The van der Waals surface area contributed by atoms with Gasteiger partial charge in [0.1, 0.15) is 10.7 Å². The van der Waals surface area contributed by atoms with E-state index in [4.69, 9.17) is 5.73 Å². The van der Waals surface area contributed by atoms with Crippen LogP contribution in [-0.2, 0) is 10.0 Å². The monoisotopic (exact) mass is 300 g/mol. The summed E-state index contributed by atoms with van der Waals surface area (Å²) >= 11 is 0. The van der Waals surface area contributed by atoms with E-state index in [0.717, 1.165) is 18.9 Å². The minimum absolute atomic E-state index is 0.203. The summed E-state index contributed by atoms with van der Waals surface area (Å²) in [7, 11) is -0.413. The first-order valence-corrected chi connectivity index (χ1v) is 8.10. The van der Waals surface area contributed by atoms with Gasteiger partial charge >= 0.3 is 0 Å². The molecule has 20 heavy (non-hydrogen) atoms. The number of hydrogen-bond donors (Lipinski definition) is 1. The van der Waals surface area contributed by atoms with Crippen LogP contribution in [0, 0.1) is 5.92 Å². The lowest BCUT2D eigenvalue weighted by Gasteiger charge is -2.25. The van der Waals surface area contributed by atoms with Gasteiger partial charge in [0.15, 0.2) is 0 Å². The minimum Gasteiger partial charge on any atom is -0.357 e. The van der Waals surface area contributed by atoms with Crippen LogP contribution in [-0.4, -0.2) is 51.4 Å². The summed E-state index contributed by atoms with van der Waals surface area (Å²) in [5.41, 5.74) is 5.64. The van der Waals surface area contributed by atoms with E-state index in [0.29, 0.717) is 12.5 Å². The number of sulfonamides is 1. The smallest absolute Gasteiger partial charge is 0.244 e. The van der Waals surface area contributed by atoms with Crippen LogP contribution < -0.4 is 10.6 Å². The van der Waals surface area contributed by atoms with Crippen LogP contribution in [0.4, 0.5) is 5.82 Å². The fraction of sp³-hybridized carbons (Fsp3) is 0.615. The third-order valence-corrected chi connectivity index (χ3v) is 4.94. The van der Waals surface area contributed by atoms with Gasteiger partial charge < -0.3 is 10.6 Å². The Balaban J connectivity index is 2.95. The maximum absolute atomic E-state index is 12.0. The number of anilines is 1. The molecule has 0 aromatic carbocycles. The molecule has 1 aromatic heterocycles. The van der Waals surface area contributed by atoms with Crippen molar-refractivity contribution in [2.24, 2.45) is 11.7 Å². The molecular formula is C13H24N4O2S. The number of rotatable bonds is 7. The molecule has 0 saturated heterocycles. The van der Waals surface area contributed by atoms with Crippen molar-refractivity contribution in [1.82, 2.24) is 9.29 Å². The molecule has 6 nitrogen and oxygen atoms in total. The molecule has 1 atom stereocenters. The van der Waals surface area contributed by atoms with Gasteiger partial charge in [0, 0.05) is 33.4 Å². The second-order valence-electron chi connectivity index (χ2n) is 5.02. The zero-order chi connectivity index (χ0) is 15.3. The van der Waals surface area contributed by atoms with E-state index in [1.165, 1.54) is 24.6 Å². The van der Waals surface area contributed by atoms with Gasteiger partial charge in [0.25, 0.3) is 0 Å². The Morgan fingerprint density at radius 3 is 2.40 bits per heavy atom. The third-order valence-electron chi connectivity index (χ3n) is 3.14. The van der Waals surface area contributed by atoms with Gasteiger partial charge in [-0.25, -0.2) is 17.7 Å². The fourth-order valence-corrected chi connectivity index (χ4v) is 2.61. The van der Waals surface area contributed by atoms with Crippen molar-refractivity contribution >= 4 is 15.8 Å². The molecule has 0 spiro atoms. The van der Waals surface area contributed by atoms with Gasteiger partial charge in [0.05, 0.1) is 0 Å². The summed E-state index contributed by atoms with van der Waals surface area (Å²) < 4.78 is 25.1. The second kappa shape index (κ2) is 7.01. The van der Waals surface area contributed by atoms with E-state index >= 15 is 0 Å². The zero-order valence-corrected chi connectivity index (χ0v) is 13.4. The Labute approximate surface area is 121 Å². The van der Waals surface area contributed by atoms with E-state index < -0.39 is 10.0 Å². The van der Waals surface area contributed by atoms with Gasteiger partial charge in [-0.1, -0.05) is 6.92 Å². The quantitative estimate of drug-likeness (QED) is 0.804. The molecule has 1 heterocycles. The van der Waals surface area contributed by atoms with Crippen molar-refractivity contribution in [2.75, 3.05) is 38.6 Å². The van der Waals surface area contributed by atoms with Crippen LogP contribution in [0.25, 0.3) is 0 Å². The average molecular weight is 300 g/mol. The third kappa shape index (κ3) is 3.91. The Kier molecular flexibility index (Phi) is 5.91. The highest BCUT2D eigenvalue weighted by atomic mass is 32.2. The minimum atomic E-state index is -3.42. The Bertz CT molecular complexity index is 514. The Morgan fingerprint density at radius 2 is 2.00 bits per heavy atom. The molecule has 1 rings (SSSR count). The summed E-state index contributed by atoms with van der Waals surface area (Å²) in [5, 5.41) is 0. The summed E-state index contributed by atoms with van der Waals surface area (Å²) in [4.78, 5) is 6.56. The van der Waals surface area contributed by atoms with Gasteiger partial charge in [-0.3, -0.25) is 0 Å². The highest BCUT2D eigenvalue weighted by molar-refractivity contribution is 7.89. The molecule has 0 aliphatic carbocycles. The Morgan fingerprint density at radius 1 is 1.35 bits per heavy atom. The molecule has 0 aliphatic rings. The van der Waals surface area contributed by atoms with Crippen LogP contribution in [0.15, 0.2) is 23.2 Å². The SMILES string of the molecule is CCN(CC(C)CN)c1ccc(S(=O)(=O)N(C)C)cn1. The summed E-state index contributed by atoms with van der Waals surface area (Å²) in [6.45, 7) is 6.34. The maximum Gasteiger partial charge on any atom is 0.244 e. The number of aromatic nitrogens is 1. The van der Waals surface area contributed by atoms with Crippen LogP contribution in [0.5, 0.6) is 0 Å². The first-order chi connectivity index (χ1) is 9.32. The van der Waals surface area contributed by atoms with E-state index in [9.17, 15) is 8.42 Å². The standard InChI is InChI=1S/C13H24N4O2S/c1-5-17(10-11(2)8-14)13-7-6-12(9-15-13)20(18,19)16(3)4/h6-7,9,11H,5,8,10,14H2,1-4H3. The predicted molar refractivity (Wildman–Crippen MR) is 81.2 cm³/mol. The Hall–Kier alpha value is -1.18. The van der Waals surface area contributed by atoms with Gasteiger partial charge in [-0.05, 0) is 31.5 Å². The average Bonchev–Trinajstić information content (AvgIpc) is 2.44. The normalized spacial score (nSPS) is 13.5. The first kappa shape index (κ1) is 16.9. The van der Waals surface area contributed by atoms with E-state index in [1.807, 2.05) is 6.92 Å². The van der Waals surface area contributed by atoms with Crippen molar-refractivity contribution in [3.63, 3.8) is 0 Å². The molecule has 1 aromatic rings. The lowest BCUT2D eigenvalue weighted by atomic mass is 10.1. The summed E-state index contributed by atoms with van der Waals surface area (Å²) in [5.74, 6) is 1.13. The maximum atomic E-state index is 12.0. The number of nitrogens with two attached hydrogens (primary N) is 1. The van der Waals surface area contributed by atoms with Crippen LogP contribution in [0.1, 0.15) is 13.8 Å². The van der Waals surface area contributed by atoms with Gasteiger partial charge in [-0.2, -0.15) is 0 Å². The summed E-state index contributed by atoms with van der Waals surface area (Å²) in [6.07, 6.45) is 1.40. The zero-order valence-electron chi connectivity index (χ0n) is 12.6. The molecule has 1 unspecified atom stereocenters. The van der Waals surface area contributed by atoms with Gasteiger partial charge in [-0.15, -0.1) is 0 Å². The van der Waals surface area contributed by atoms with Crippen molar-refractivity contribution in [1.29, 1.82) is 0 Å². The molecule has 2 N–H and O–H groups in total. The molecule has 0 fully saturated rings. The largest absolute Gasteiger partial charge is 0.357 e. The van der Waals surface area contributed by atoms with Crippen molar-refractivity contribution in [2.45, 2.75) is 18.7 Å². The van der Waals surface area contributed by atoms with Crippen LogP contribution in [0.3, 0.4) is 0 Å². The van der Waals surface area contributed by atoms with E-state index in [1.54, 1.807) is 12.1 Å². The lowest BCUT2D eigenvalue weighted by Crippen LogP contribution is -2.32. The molecule has 114 valence electrons. The molecule has 0 aliphatic heterocycles. The molecule has 0 radical (unpaired) electrons. The van der Waals surface area contributed by atoms with Crippen molar-refractivity contribution < 1.29 is 8.42 Å². The molecule has 0 bridgehead atoms. The van der Waals surface area contributed by atoms with Crippen LogP contribution >= 0.6 is 0 Å². The molecule has 0 saturated carbocycles. The van der Waals surface area contributed by atoms with Crippen molar-refractivity contribution in [3.05, 3.63) is 18.3 Å². The fourth-order valence-electron chi connectivity index (χ4n) is 1.76. The van der Waals surface area contributed by atoms with Crippen LogP contribution in [0.2, 0.25) is 0 Å². The second-order valence-corrected chi connectivity index (χ2v) is 7.17. The highest BCUT2D eigenvalue weighted by Crippen LogP contribution is 2.17. The molecular weight excluding hydrogens is 276 g/mol. The lowest BCUT2D eigenvalue weighted by molar-refractivity contribution is 0.520. The van der Waals surface area contributed by atoms with Crippen molar-refractivity contribution in [3.8, 4) is 0 Å².